The molecule has 0 aliphatic carbocycles. The lowest BCUT2D eigenvalue weighted by Gasteiger charge is -2.27. The second kappa shape index (κ2) is 13.9. The van der Waals surface area contributed by atoms with Crippen LogP contribution in [0.25, 0.3) is 44.2 Å². The maximum Gasteiger partial charge on any atom is 0.143 e. The Morgan fingerprint density at radius 3 is 1.24 bits per heavy atom. The molecule has 3 nitrogen and oxygen atoms in total. The van der Waals surface area contributed by atoms with Gasteiger partial charge in [0.2, 0.25) is 0 Å². The van der Waals surface area contributed by atoms with Crippen LogP contribution in [0.5, 0.6) is 11.5 Å². The Labute approximate surface area is 321 Å². The van der Waals surface area contributed by atoms with E-state index in [1.165, 1.54) is 11.1 Å². The zero-order valence-corrected chi connectivity index (χ0v) is 30.1. The number of hydrogen-bond acceptors (Lipinski definition) is 3. The largest absolute Gasteiger partial charge is 0.455 e. The van der Waals surface area contributed by atoms with Crippen LogP contribution in [0.15, 0.2) is 218 Å². The van der Waals surface area contributed by atoms with Gasteiger partial charge >= 0.3 is 0 Å². The zero-order chi connectivity index (χ0) is 36.6. The van der Waals surface area contributed by atoms with Crippen LogP contribution in [0.2, 0.25) is 0 Å². The highest BCUT2D eigenvalue weighted by atomic mass is 16.5. The predicted octanol–water partition coefficient (Wildman–Crippen LogP) is 14.9. The van der Waals surface area contributed by atoms with E-state index in [0.717, 1.165) is 78.6 Å². The number of hydrogen-bond donors (Lipinski definition) is 0. The van der Waals surface area contributed by atoms with Crippen molar-refractivity contribution in [1.82, 2.24) is 0 Å². The maximum atomic E-state index is 6.95. The zero-order valence-electron chi connectivity index (χ0n) is 30.1. The van der Waals surface area contributed by atoms with Crippen molar-refractivity contribution in [2.24, 2.45) is 0 Å². The van der Waals surface area contributed by atoms with Crippen molar-refractivity contribution in [3.05, 3.63) is 218 Å². The van der Waals surface area contributed by atoms with Gasteiger partial charge in [-0.1, -0.05) is 140 Å². The molecular weight excluding hydrogens is 669 g/mol. The molecule has 0 saturated carbocycles. The lowest BCUT2D eigenvalue weighted by Crippen LogP contribution is -2.09. The van der Waals surface area contributed by atoms with Crippen molar-refractivity contribution >= 4 is 44.9 Å². The minimum atomic E-state index is 0.868. The summed E-state index contributed by atoms with van der Waals surface area (Å²) < 4.78 is 6.95. The summed E-state index contributed by atoms with van der Waals surface area (Å²) in [6, 6.07) is 77.2. The smallest absolute Gasteiger partial charge is 0.143 e. The van der Waals surface area contributed by atoms with Crippen LogP contribution in [0.3, 0.4) is 0 Å². The van der Waals surface area contributed by atoms with E-state index in [1.54, 1.807) is 0 Å². The molecule has 55 heavy (non-hydrogen) atoms. The molecule has 0 fully saturated rings. The summed E-state index contributed by atoms with van der Waals surface area (Å²) in [5.74, 6) is 1.74. The monoisotopic (exact) mass is 704 g/mol. The summed E-state index contributed by atoms with van der Waals surface area (Å²) in [7, 11) is 0. The number of rotatable bonds is 8. The summed E-state index contributed by atoms with van der Waals surface area (Å²) in [5, 5.41) is 2.30. The number of benzene rings is 9. The molecule has 0 atom stereocenters. The van der Waals surface area contributed by atoms with Crippen LogP contribution in [0.4, 0.5) is 34.1 Å². The van der Waals surface area contributed by atoms with E-state index in [0.29, 0.717) is 0 Å². The number of anilines is 6. The van der Waals surface area contributed by atoms with Gasteiger partial charge in [0.25, 0.3) is 0 Å². The Morgan fingerprint density at radius 1 is 0.291 bits per heavy atom. The molecule has 260 valence electrons. The van der Waals surface area contributed by atoms with E-state index in [9.17, 15) is 0 Å². The molecule has 9 aromatic rings. The van der Waals surface area contributed by atoms with Crippen molar-refractivity contribution in [2.75, 3.05) is 9.80 Å². The number of nitrogens with zero attached hydrogens (tertiary/aromatic N) is 2. The minimum absolute atomic E-state index is 0.868. The molecular formula is C52H36N2O. The van der Waals surface area contributed by atoms with Gasteiger partial charge in [0, 0.05) is 50.6 Å². The highest BCUT2D eigenvalue weighted by Crippen LogP contribution is 2.52. The second-order valence-electron chi connectivity index (χ2n) is 13.7. The summed E-state index contributed by atoms with van der Waals surface area (Å²) in [4.78, 5) is 4.61. The van der Waals surface area contributed by atoms with Crippen molar-refractivity contribution in [3.63, 3.8) is 0 Å². The average molecular weight is 705 g/mol. The van der Waals surface area contributed by atoms with E-state index in [4.69, 9.17) is 4.74 Å². The molecule has 1 heterocycles. The van der Waals surface area contributed by atoms with Crippen LogP contribution in [-0.2, 0) is 0 Å². The van der Waals surface area contributed by atoms with Gasteiger partial charge < -0.3 is 14.5 Å². The van der Waals surface area contributed by atoms with Gasteiger partial charge in [0.05, 0.1) is 0 Å². The van der Waals surface area contributed by atoms with Crippen LogP contribution < -0.4 is 14.5 Å². The maximum absolute atomic E-state index is 6.95. The molecule has 0 N–H and O–H groups in total. The summed E-state index contributed by atoms with van der Waals surface area (Å²) in [6.07, 6.45) is 0. The quantitative estimate of drug-likeness (QED) is 0.157. The molecule has 0 radical (unpaired) electrons. The topological polar surface area (TPSA) is 15.7 Å². The first-order valence-electron chi connectivity index (χ1n) is 18.7. The highest BCUT2D eigenvalue weighted by Gasteiger charge is 2.25. The van der Waals surface area contributed by atoms with E-state index in [-0.39, 0.29) is 0 Å². The van der Waals surface area contributed by atoms with Gasteiger partial charge in [-0.15, -0.1) is 0 Å². The Bertz CT molecular complexity index is 2700. The summed E-state index contributed by atoms with van der Waals surface area (Å²) in [5.41, 5.74) is 13.3. The normalized spacial score (nSPS) is 11.4. The van der Waals surface area contributed by atoms with E-state index in [2.05, 4.69) is 228 Å². The number of ether oxygens (including phenoxy) is 1. The molecule has 1 aliphatic rings. The Hall–Kier alpha value is -7.36. The molecule has 0 spiro atoms. The van der Waals surface area contributed by atoms with Crippen LogP contribution >= 0.6 is 0 Å². The van der Waals surface area contributed by atoms with Crippen LogP contribution in [0, 0.1) is 0 Å². The standard InChI is InChI=1S/C52H36N2O/c1-5-19-39(20-6-1)53(40-21-7-2-8-22-40)43-27-13-17-37(35-43)45-33-34-50-51-47(45)30-16-31-48(51)49-32-15-29-46(52(49)55-50)38-18-14-28-44(36-38)54(41-23-9-3-10-24-41)42-25-11-4-12-26-42/h1-36H. The fourth-order valence-corrected chi connectivity index (χ4v) is 7.96. The van der Waals surface area contributed by atoms with Crippen LogP contribution in [0.1, 0.15) is 0 Å². The molecule has 0 saturated heterocycles. The SMILES string of the molecule is c1ccc(N(c2ccccc2)c2cccc(-c3cccc4c3Oc3ccc(-c5cccc(N(c6ccccc6)c6ccccc6)c5)c5cccc-4c35)c2)cc1. The third-order valence-corrected chi connectivity index (χ3v) is 10.4. The van der Waals surface area contributed by atoms with E-state index < -0.39 is 0 Å². The molecule has 10 rings (SSSR count). The van der Waals surface area contributed by atoms with Crippen molar-refractivity contribution in [2.45, 2.75) is 0 Å². The Kier molecular flexibility index (Phi) is 8.16. The fraction of sp³-hybridized carbons (Fsp3) is 0. The van der Waals surface area contributed by atoms with Crippen molar-refractivity contribution in [1.29, 1.82) is 0 Å². The van der Waals surface area contributed by atoms with Gasteiger partial charge in [-0.05, 0) is 107 Å². The van der Waals surface area contributed by atoms with E-state index >= 15 is 0 Å². The Morgan fingerprint density at radius 2 is 0.709 bits per heavy atom. The van der Waals surface area contributed by atoms with Crippen molar-refractivity contribution in [3.8, 4) is 44.9 Å². The summed E-state index contributed by atoms with van der Waals surface area (Å²) in [6.45, 7) is 0. The van der Waals surface area contributed by atoms with Gasteiger partial charge in [0.1, 0.15) is 11.5 Å². The number of fused-ring (bicyclic) bond motifs is 2. The third-order valence-electron chi connectivity index (χ3n) is 10.4. The molecule has 1 aliphatic heterocycles. The van der Waals surface area contributed by atoms with Gasteiger partial charge in [-0.25, -0.2) is 0 Å². The third kappa shape index (κ3) is 5.89. The highest BCUT2D eigenvalue weighted by molar-refractivity contribution is 6.11. The van der Waals surface area contributed by atoms with Crippen molar-refractivity contribution < 1.29 is 4.74 Å². The lowest BCUT2D eigenvalue weighted by molar-refractivity contribution is 0.489. The van der Waals surface area contributed by atoms with E-state index in [1.807, 2.05) is 0 Å². The Balaban J connectivity index is 1.06. The predicted molar refractivity (Wildman–Crippen MR) is 230 cm³/mol. The van der Waals surface area contributed by atoms with Gasteiger partial charge in [-0.3, -0.25) is 0 Å². The lowest BCUT2D eigenvalue weighted by atomic mass is 9.88. The molecule has 9 aromatic carbocycles. The molecule has 0 unspecified atom stereocenters. The van der Waals surface area contributed by atoms with Gasteiger partial charge in [-0.2, -0.15) is 0 Å². The molecule has 0 bridgehead atoms. The average Bonchev–Trinajstić information content (AvgIpc) is 3.26. The fourth-order valence-electron chi connectivity index (χ4n) is 7.96. The second-order valence-corrected chi connectivity index (χ2v) is 13.7. The van der Waals surface area contributed by atoms with Gasteiger partial charge in [0.15, 0.2) is 0 Å². The number of para-hydroxylation sites is 5. The first-order valence-corrected chi connectivity index (χ1v) is 18.7. The van der Waals surface area contributed by atoms with Crippen LogP contribution in [-0.4, -0.2) is 0 Å². The minimum Gasteiger partial charge on any atom is -0.455 e. The summed E-state index contributed by atoms with van der Waals surface area (Å²) >= 11 is 0. The molecule has 0 amide bonds. The molecule has 3 heteroatoms. The molecule has 0 aromatic heterocycles. The first kappa shape index (κ1) is 32.3. The first-order chi connectivity index (χ1) is 27.3.